The Bertz CT molecular complexity index is 1370. The summed E-state index contributed by atoms with van der Waals surface area (Å²) < 4.78 is 66.2. The zero-order chi connectivity index (χ0) is 27.3. The first-order valence-electron chi connectivity index (χ1n) is 11.6. The number of hydrogen-bond donors (Lipinski definition) is 3. The zero-order valence-electron chi connectivity index (χ0n) is 20.5. The van der Waals surface area contributed by atoms with Crippen molar-refractivity contribution in [2.75, 3.05) is 44.5 Å². The van der Waals surface area contributed by atoms with Crippen molar-refractivity contribution >= 4 is 34.7 Å². The Morgan fingerprint density at radius 1 is 1.32 bits per heavy atom. The molecule has 3 N–H and O–H groups in total. The molecule has 8 nitrogen and oxygen atoms in total. The molecule has 1 aromatic carbocycles. The Morgan fingerprint density at radius 2 is 2.13 bits per heavy atom. The van der Waals surface area contributed by atoms with Gasteiger partial charge in [0.25, 0.3) is 5.91 Å². The smallest absolute Gasteiger partial charge is 0.447 e. The maximum Gasteiger partial charge on any atom is 0.447 e. The number of nitrogens with one attached hydrogen (secondary N) is 3. The van der Waals surface area contributed by atoms with Crippen molar-refractivity contribution in [2.24, 2.45) is 0 Å². The molecule has 3 heterocycles. The SMILES string of the molecule is CNC(=O)c1ccc(NCC#Cc2nc3c(NC4CCOCC4F)cccn3c2SC(F)(F)F)c(OC)c1. The highest BCUT2D eigenvalue weighted by molar-refractivity contribution is 8.00. The second kappa shape index (κ2) is 11.8. The number of carbonyl (C=O) groups excluding carboxylic acids is 1. The molecule has 4 rings (SSSR count). The number of fused-ring (bicyclic) bond motifs is 1. The van der Waals surface area contributed by atoms with E-state index in [1.807, 2.05) is 0 Å². The summed E-state index contributed by atoms with van der Waals surface area (Å²) in [6.45, 7) is 0.400. The number of amides is 1. The number of imidazole rings is 1. The van der Waals surface area contributed by atoms with Crippen LogP contribution < -0.4 is 20.7 Å². The Kier molecular flexibility index (Phi) is 8.53. The molecule has 2 unspecified atom stereocenters. The maximum absolute atomic E-state index is 14.3. The van der Waals surface area contributed by atoms with Gasteiger partial charge in [-0.15, -0.1) is 0 Å². The number of thioether (sulfide) groups is 1. The van der Waals surface area contributed by atoms with E-state index in [1.54, 1.807) is 30.3 Å². The van der Waals surface area contributed by atoms with Gasteiger partial charge in [0.15, 0.2) is 5.65 Å². The molecule has 2 atom stereocenters. The molecular formula is C25H25F4N5O3S. The van der Waals surface area contributed by atoms with Crippen LogP contribution >= 0.6 is 11.8 Å². The van der Waals surface area contributed by atoms with Crippen molar-refractivity contribution < 1.29 is 31.8 Å². The van der Waals surface area contributed by atoms with E-state index < -0.39 is 17.7 Å². The third-order valence-corrected chi connectivity index (χ3v) is 6.53. The molecule has 0 saturated carbocycles. The van der Waals surface area contributed by atoms with E-state index in [2.05, 4.69) is 32.8 Å². The van der Waals surface area contributed by atoms with E-state index in [0.29, 0.717) is 35.7 Å². The molecule has 3 aromatic rings. The van der Waals surface area contributed by atoms with Gasteiger partial charge in [-0.1, -0.05) is 5.92 Å². The maximum atomic E-state index is 14.3. The van der Waals surface area contributed by atoms with Crippen molar-refractivity contribution in [3.63, 3.8) is 0 Å². The lowest BCUT2D eigenvalue weighted by Crippen LogP contribution is -2.39. The lowest BCUT2D eigenvalue weighted by Gasteiger charge is -2.27. The molecule has 202 valence electrons. The van der Waals surface area contributed by atoms with Crippen molar-refractivity contribution in [2.45, 2.75) is 29.2 Å². The van der Waals surface area contributed by atoms with Crippen LogP contribution in [0.15, 0.2) is 41.6 Å². The summed E-state index contributed by atoms with van der Waals surface area (Å²) >= 11 is -0.316. The fourth-order valence-corrected chi connectivity index (χ4v) is 4.56. The quantitative estimate of drug-likeness (QED) is 0.229. The molecule has 0 aliphatic carbocycles. The number of anilines is 2. The number of halogens is 4. The number of benzene rings is 1. The lowest BCUT2D eigenvalue weighted by atomic mass is 10.1. The van der Waals surface area contributed by atoms with Crippen LogP contribution in [0.4, 0.5) is 28.9 Å². The van der Waals surface area contributed by atoms with E-state index in [0.717, 1.165) is 0 Å². The van der Waals surface area contributed by atoms with Crippen LogP contribution in [0.2, 0.25) is 0 Å². The van der Waals surface area contributed by atoms with Crippen LogP contribution in [0.1, 0.15) is 22.5 Å². The van der Waals surface area contributed by atoms with Crippen LogP contribution in [0, 0.1) is 11.8 Å². The monoisotopic (exact) mass is 551 g/mol. The number of ether oxygens (including phenoxy) is 2. The summed E-state index contributed by atoms with van der Waals surface area (Å²) in [5, 5.41) is 8.43. The number of carbonyl (C=O) groups is 1. The normalized spacial score (nSPS) is 17.4. The number of alkyl halides is 4. The average Bonchev–Trinajstić information content (AvgIpc) is 3.24. The summed E-state index contributed by atoms with van der Waals surface area (Å²) in [7, 11) is 2.97. The molecule has 2 aromatic heterocycles. The number of pyridine rings is 1. The van der Waals surface area contributed by atoms with Crippen molar-refractivity contribution in [3.05, 3.63) is 47.8 Å². The highest BCUT2D eigenvalue weighted by Crippen LogP contribution is 2.39. The third-order valence-electron chi connectivity index (χ3n) is 5.71. The fraction of sp³-hybridized carbons (Fsp3) is 0.360. The van der Waals surface area contributed by atoms with Gasteiger partial charge in [0.2, 0.25) is 0 Å². The topological polar surface area (TPSA) is 88.9 Å². The fourth-order valence-electron chi connectivity index (χ4n) is 3.90. The van der Waals surface area contributed by atoms with Crippen molar-refractivity contribution in [3.8, 4) is 17.6 Å². The minimum atomic E-state index is -4.57. The van der Waals surface area contributed by atoms with Gasteiger partial charge in [-0.25, -0.2) is 9.37 Å². The van der Waals surface area contributed by atoms with E-state index in [1.165, 1.54) is 24.8 Å². The first-order valence-corrected chi connectivity index (χ1v) is 12.4. The summed E-state index contributed by atoms with van der Waals surface area (Å²) in [5.74, 6) is 5.65. The summed E-state index contributed by atoms with van der Waals surface area (Å²) in [5.41, 5.74) is -3.06. The Morgan fingerprint density at radius 3 is 2.84 bits per heavy atom. The Labute approximate surface area is 220 Å². The van der Waals surface area contributed by atoms with E-state index >= 15 is 0 Å². The molecule has 1 amide bonds. The van der Waals surface area contributed by atoms with Crippen LogP contribution in [-0.4, -0.2) is 66.9 Å². The lowest BCUT2D eigenvalue weighted by molar-refractivity contribution is -0.0330. The first kappa shape index (κ1) is 27.4. The number of nitrogens with zero attached hydrogens (tertiary/aromatic N) is 2. The van der Waals surface area contributed by atoms with Crippen LogP contribution in [0.25, 0.3) is 5.65 Å². The highest BCUT2D eigenvalue weighted by atomic mass is 32.2. The molecule has 38 heavy (non-hydrogen) atoms. The van der Waals surface area contributed by atoms with Crippen LogP contribution in [-0.2, 0) is 4.74 Å². The van der Waals surface area contributed by atoms with Gasteiger partial charge in [0.05, 0.1) is 37.7 Å². The van der Waals surface area contributed by atoms with Gasteiger partial charge in [0, 0.05) is 37.2 Å². The summed E-state index contributed by atoms with van der Waals surface area (Å²) in [6, 6.07) is 7.47. The minimum Gasteiger partial charge on any atom is -0.495 e. The number of aromatic nitrogens is 2. The van der Waals surface area contributed by atoms with Gasteiger partial charge in [-0.05, 0) is 42.7 Å². The molecule has 1 aliphatic heterocycles. The molecule has 1 aliphatic rings. The Balaban J connectivity index is 1.60. The Hall–Kier alpha value is -3.63. The van der Waals surface area contributed by atoms with Gasteiger partial charge in [-0.3, -0.25) is 9.20 Å². The second-order valence-corrected chi connectivity index (χ2v) is 9.26. The number of hydrogen-bond acceptors (Lipinski definition) is 7. The average molecular weight is 552 g/mol. The standard InChI is InChI=1S/C25H25F4N5O3S/c1-30-23(35)15-7-8-18(21(13-15)36-2)31-10-3-5-20-24(38-25(27,28)29)34-11-4-6-19(22(34)33-20)32-17-9-12-37-14-16(17)26/h4,6-8,11,13,16-17,31-32H,9-10,12,14H2,1-2H3,(H,30,35). The first-order chi connectivity index (χ1) is 18.2. The third kappa shape index (κ3) is 6.43. The minimum absolute atomic E-state index is 0.0482. The molecule has 13 heteroatoms. The molecular weight excluding hydrogens is 526 g/mol. The van der Waals surface area contributed by atoms with Crippen molar-refractivity contribution in [1.29, 1.82) is 0 Å². The van der Waals surface area contributed by atoms with E-state index in [-0.39, 0.29) is 47.2 Å². The van der Waals surface area contributed by atoms with E-state index in [4.69, 9.17) is 9.47 Å². The second-order valence-electron chi connectivity index (χ2n) is 8.21. The number of rotatable bonds is 7. The van der Waals surface area contributed by atoms with Gasteiger partial charge in [-0.2, -0.15) is 13.2 Å². The van der Waals surface area contributed by atoms with E-state index in [9.17, 15) is 22.4 Å². The molecule has 0 radical (unpaired) electrons. The predicted molar refractivity (Wildman–Crippen MR) is 137 cm³/mol. The molecule has 1 fully saturated rings. The van der Waals surface area contributed by atoms with Crippen molar-refractivity contribution in [1.82, 2.24) is 14.7 Å². The van der Waals surface area contributed by atoms with Gasteiger partial charge in [0.1, 0.15) is 22.6 Å². The van der Waals surface area contributed by atoms with Gasteiger partial charge < -0.3 is 25.4 Å². The largest absolute Gasteiger partial charge is 0.495 e. The zero-order valence-corrected chi connectivity index (χ0v) is 21.3. The van der Waals surface area contributed by atoms with Crippen LogP contribution in [0.5, 0.6) is 5.75 Å². The molecule has 0 bridgehead atoms. The molecule has 1 saturated heterocycles. The molecule has 0 spiro atoms. The van der Waals surface area contributed by atoms with Gasteiger partial charge >= 0.3 is 5.51 Å². The van der Waals surface area contributed by atoms with Crippen LogP contribution in [0.3, 0.4) is 0 Å². The number of methoxy groups -OCH3 is 1. The summed E-state index contributed by atoms with van der Waals surface area (Å²) in [4.78, 5) is 16.2. The predicted octanol–water partition coefficient (Wildman–Crippen LogP) is 4.32. The summed E-state index contributed by atoms with van der Waals surface area (Å²) in [6.07, 6.45) is 0.621. The highest BCUT2D eigenvalue weighted by Gasteiger charge is 2.33.